The summed E-state index contributed by atoms with van der Waals surface area (Å²) < 4.78 is 0. The van der Waals surface area contributed by atoms with Crippen molar-refractivity contribution in [2.45, 2.75) is 0 Å². The summed E-state index contributed by atoms with van der Waals surface area (Å²) in [5, 5.41) is 34.0. The zero-order valence-electron chi connectivity index (χ0n) is 9.12. The molecule has 0 unspecified atom stereocenters. The van der Waals surface area contributed by atoms with Gasteiger partial charge in [-0.1, -0.05) is 0 Å². The Balaban J connectivity index is -0.0000000533. The van der Waals surface area contributed by atoms with Gasteiger partial charge < -0.3 is 20.4 Å². The van der Waals surface area contributed by atoms with Crippen LogP contribution in [0.3, 0.4) is 0 Å². The molecule has 0 heterocycles. The molecule has 0 aliphatic heterocycles. The van der Waals surface area contributed by atoms with Crippen molar-refractivity contribution in [2.24, 2.45) is 5.41 Å². The topological polar surface area (TPSA) is 80.9 Å². The Morgan fingerprint density at radius 3 is 0.692 bits per heavy atom. The quantitative estimate of drug-likeness (QED) is 0.404. The summed E-state index contributed by atoms with van der Waals surface area (Å²) in [7, 11) is 0. The van der Waals surface area contributed by atoms with Crippen LogP contribution in [0.2, 0.25) is 0 Å². The van der Waals surface area contributed by atoms with Gasteiger partial charge in [-0.25, -0.2) is 0 Å². The molecule has 0 fully saturated rings. The van der Waals surface area contributed by atoms with E-state index in [4.69, 9.17) is 20.4 Å². The molecule has 0 amide bonds. The van der Waals surface area contributed by atoms with Crippen LogP contribution in [0.15, 0.2) is 0 Å². The number of hydrogen-bond donors (Lipinski definition) is 4. The second-order valence-electron chi connectivity index (χ2n) is 2.13. The molecule has 0 aliphatic rings. The van der Waals surface area contributed by atoms with Crippen LogP contribution in [0, 0.1) is 5.41 Å². The summed E-state index contributed by atoms with van der Waals surface area (Å²) in [6.07, 6.45) is 0. The van der Waals surface area contributed by atoms with E-state index in [1.807, 2.05) is 0 Å². The minimum absolute atomic E-state index is 0. The monoisotopic (exact) mass is 292 g/mol. The maximum absolute atomic E-state index is 8.50. The van der Waals surface area contributed by atoms with Gasteiger partial charge in [-0.15, -0.1) is 0 Å². The van der Waals surface area contributed by atoms with Crippen LogP contribution in [0.25, 0.3) is 0 Å². The Morgan fingerprint density at radius 1 is 0.538 bits per heavy atom. The molecule has 0 spiro atoms. The van der Waals surface area contributed by atoms with Crippen molar-refractivity contribution in [3.8, 4) is 0 Å². The van der Waals surface area contributed by atoms with Gasteiger partial charge in [0.05, 0.1) is 31.8 Å². The van der Waals surface area contributed by atoms with Crippen molar-refractivity contribution in [3.63, 3.8) is 0 Å². The Kier molecular flexibility index (Phi) is 50.4. The molecule has 0 bridgehead atoms. The molecule has 60 valence electrons. The van der Waals surface area contributed by atoms with Crippen molar-refractivity contribution in [3.05, 3.63) is 0 Å². The molecule has 0 rings (SSSR count). The maximum atomic E-state index is 8.50. The first-order chi connectivity index (χ1) is 4.24. The van der Waals surface area contributed by atoms with Gasteiger partial charge in [0.15, 0.2) is 0 Å². The third kappa shape index (κ3) is 14.6. The van der Waals surface area contributed by atoms with Gasteiger partial charge in [0, 0.05) is 206 Å². The normalized spacial score (nSPS) is 8.31. The minimum Gasteiger partial charge on any atom is -0.396 e. The summed E-state index contributed by atoms with van der Waals surface area (Å²) in [6.45, 7) is -1.62. The number of hydrogen-bond acceptors (Lipinski definition) is 4. The average Bonchev–Trinajstić information content (AvgIpc) is 1.95. The molecular weight excluding hydrogens is 280 g/mol. The number of rotatable bonds is 4. The molecule has 0 atom stereocenters. The average molecular weight is 293 g/mol. The fourth-order valence-corrected chi connectivity index (χ4v) is 0.300. The van der Waals surface area contributed by atoms with Crippen molar-refractivity contribution >= 4 is 206 Å². The summed E-state index contributed by atoms with van der Waals surface area (Å²) in [6, 6.07) is 0. The van der Waals surface area contributed by atoms with E-state index in [1.165, 1.54) is 0 Å². The van der Waals surface area contributed by atoms with Crippen molar-refractivity contribution in [1.82, 2.24) is 0 Å². The molecule has 0 aliphatic carbocycles. The summed E-state index contributed by atoms with van der Waals surface area (Å²) in [4.78, 5) is 0. The molecule has 0 saturated carbocycles. The number of aliphatic hydroxyl groups excluding tert-OH is 4. The third-order valence-electron chi connectivity index (χ3n) is 1.34. The summed E-state index contributed by atoms with van der Waals surface area (Å²) in [5.74, 6) is 0. The molecule has 0 aromatic carbocycles. The SMILES string of the molecule is OCC(CO)(CO)CO.[K].[K].[K].[K]. The van der Waals surface area contributed by atoms with Gasteiger partial charge >= 0.3 is 0 Å². The molecule has 4 N–H and O–H groups in total. The first kappa shape index (κ1) is 31.7. The third-order valence-corrected chi connectivity index (χ3v) is 1.34. The van der Waals surface area contributed by atoms with Crippen LogP contribution in [0.4, 0.5) is 0 Å². The van der Waals surface area contributed by atoms with E-state index in [9.17, 15) is 0 Å². The van der Waals surface area contributed by atoms with E-state index in [-0.39, 0.29) is 206 Å². The van der Waals surface area contributed by atoms with E-state index < -0.39 is 31.8 Å². The largest absolute Gasteiger partial charge is 0.396 e. The van der Waals surface area contributed by atoms with Crippen molar-refractivity contribution in [2.75, 3.05) is 26.4 Å². The predicted octanol–water partition coefficient (Wildman–Crippen LogP) is -3.58. The molecule has 0 saturated heterocycles. The summed E-state index contributed by atoms with van der Waals surface area (Å²) in [5.41, 5.74) is -1.11. The van der Waals surface area contributed by atoms with Crippen LogP contribution in [0.5, 0.6) is 0 Å². The first-order valence-corrected chi connectivity index (χ1v) is 2.68. The maximum Gasteiger partial charge on any atom is 0.0627 e. The van der Waals surface area contributed by atoms with Gasteiger partial charge in [-0.3, -0.25) is 0 Å². The van der Waals surface area contributed by atoms with E-state index in [0.717, 1.165) is 0 Å². The van der Waals surface area contributed by atoms with Crippen LogP contribution in [-0.2, 0) is 0 Å². The Bertz CT molecular complexity index is 63.4. The number of aliphatic hydroxyl groups is 4. The molecule has 4 nitrogen and oxygen atoms in total. The van der Waals surface area contributed by atoms with Crippen LogP contribution in [-0.4, -0.2) is 252 Å². The Morgan fingerprint density at radius 2 is 0.692 bits per heavy atom. The Hall–Kier alpha value is 6.39. The second kappa shape index (κ2) is 20.7. The molecule has 4 radical (unpaired) electrons. The molecule has 13 heavy (non-hydrogen) atoms. The minimum atomic E-state index is -1.11. The van der Waals surface area contributed by atoms with Crippen LogP contribution in [0.1, 0.15) is 0 Å². The van der Waals surface area contributed by atoms with E-state index in [1.54, 1.807) is 0 Å². The molecule has 0 aromatic rings. The van der Waals surface area contributed by atoms with E-state index in [0.29, 0.717) is 0 Å². The standard InChI is InChI=1S/C5H12O4.4K/c6-1-5(2-7,3-8)4-9;;;;/h6-9H,1-4H2;;;;. The smallest absolute Gasteiger partial charge is 0.0627 e. The zero-order valence-corrected chi connectivity index (χ0v) is 21.6. The van der Waals surface area contributed by atoms with E-state index in [2.05, 4.69) is 0 Å². The predicted molar refractivity (Wildman–Crippen MR) is 53.8 cm³/mol. The van der Waals surface area contributed by atoms with Gasteiger partial charge in [0.25, 0.3) is 0 Å². The van der Waals surface area contributed by atoms with E-state index >= 15 is 0 Å². The molecule has 8 heteroatoms. The van der Waals surface area contributed by atoms with Crippen LogP contribution < -0.4 is 0 Å². The van der Waals surface area contributed by atoms with Gasteiger partial charge in [-0.2, -0.15) is 0 Å². The molecular formula is C5H12K4O4. The fraction of sp³-hybridized carbons (Fsp3) is 1.00. The van der Waals surface area contributed by atoms with Gasteiger partial charge in [0.2, 0.25) is 0 Å². The van der Waals surface area contributed by atoms with Crippen LogP contribution >= 0.6 is 0 Å². The van der Waals surface area contributed by atoms with Crippen molar-refractivity contribution < 1.29 is 20.4 Å². The summed E-state index contributed by atoms with van der Waals surface area (Å²) >= 11 is 0. The van der Waals surface area contributed by atoms with Gasteiger partial charge in [-0.05, 0) is 0 Å². The Labute approximate surface area is 249 Å². The second-order valence-corrected chi connectivity index (χ2v) is 2.13. The zero-order chi connectivity index (χ0) is 7.33. The first-order valence-electron chi connectivity index (χ1n) is 2.68. The fourth-order valence-electron chi connectivity index (χ4n) is 0.300. The van der Waals surface area contributed by atoms with Gasteiger partial charge in [0.1, 0.15) is 0 Å². The molecule has 0 aromatic heterocycles. The van der Waals surface area contributed by atoms with Crippen molar-refractivity contribution in [1.29, 1.82) is 0 Å².